The van der Waals surface area contributed by atoms with Gasteiger partial charge in [0.05, 0.1) is 6.10 Å². The molecule has 1 saturated carbocycles. The van der Waals surface area contributed by atoms with Gasteiger partial charge in [-0.15, -0.1) is 0 Å². The van der Waals surface area contributed by atoms with Crippen LogP contribution in [0.25, 0.3) is 0 Å². The number of nitrogens with zero attached hydrogens (tertiary/aromatic N) is 2. The van der Waals surface area contributed by atoms with E-state index in [1.807, 2.05) is 6.07 Å². The highest BCUT2D eigenvalue weighted by atomic mass is 16.3. The second-order valence-electron chi connectivity index (χ2n) is 8.33. The van der Waals surface area contributed by atoms with Gasteiger partial charge in [0.1, 0.15) is 0 Å². The first-order chi connectivity index (χ1) is 13.1. The number of benzene rings is 2. The fourth-order valence-corrected chi connectivity index (χ4v) is 4.84. The Hall–Kier alpha value is -1.68. The van der Waals surface area contributed by atoms with Crippen LogP contribution in [0.4, 0.5) is 0 Å². The van der Waals surface area contributed by atoms with Crippen molar-refractivity contribution in [3.8, 4) is 0 Å². The molecular weight excluding hydrogens is 320 g/mol. The topological polar surface area (TPSA) is 26.7 Å². The Labute approximate surface area is 157 Å². The minimum absolute atomic E-state index is 0.248. The van der Waals surface area contributed by atoms with E-state index in [9.17, 15) is 5.11 Å². The van der Waals surface area contributed by atoms with Crippen molar-refractivity contribution < 1.29 is 6.48 Å². The molecule has 0 aromatic heterocycles. The van der Waals surface area contributed by atoms with E-state index in [0.717, 1.165) is 31.6 Å². The van der Waals surface area contributed by atoms with Gasteiger partial charge in [-0.3, -0.25) is 9.80 Å². The molecule has 0 bridgehead atoms. The molecule has 2 aromatic rings. The first kappa shape index (κ1) is 15.4. The lowest BCUT2D eigenvalue weighted by Gasteiger charge is -2.37. The maximum absolute atomic E-state index is 10.8. The van der Waals surface area contributed by atoms with E-state index in [1.165, 1.54) is 29.5 Å². The van der Waals surface area contributed by atoms with Gasteiger partial charge >= 0.3 is 0 Å². The average Bonchev–Trinajstić information content (AvgIpc) is 3.46. The van der Waals surface area contributed by atoms with Crippen LogP contribution in [0.2, 0.25) is 0 Å². The first-order valence-corrected chi connectivity index (χ1v) is 9.88. The van der Waals surface area contributed by atoms with E-state index in [0.29, 0.717) is 13.1 Å². The van der Waals surface area contributed by atoms with Gasteiger partial charge in [-0.2, -0.15) is 0 Å². The molecule has 3 heteroatoms. The second-order valence-corrected chi connectivity index (χ2v) is 8.33. The smallest absolute Gasteiger partial charge is 0.0794 e. The summed E-state index contributed by atoms with van der Waals surface area (Å²) in [7, 11) is 0. The van der Waals surface area contributed by atoms with Gasteiger partial charge in [0, 0.05) is 46.0 Å². The van der Waals surface area contributed by atoms with Crippen molar-refractivity contribution in [2.45, 2.75) is 43.8 Å². The Kier molecular flexibility index (Phi) is 3.84. The van der Waals surface area contributed by atoms with Gasteiger partial charge in [-0.05, 0) is 41.5 Å². The molecule has 1 spiro atoms. The summed E-state index contributed by atoms with van der Waals surface area (Å²) < 4.78 is 8.73. The van der Waals surface area contributed by atoms with Crippen molar-refractivity contribution in [3.05, 3.63) is 70.8 Å². The van der Waals surface area contributed by atoms with Gasteiger partial charge < -0.3 is 5.11 Å². The summed E-state index contributed by atoms with van der Waals surface area (Å²) in [4.78, 5) is 4.55. The lowest BCUT2D eigenvalue weighted by molar-refractivity contribution is 0.0601. The molecule has 2 atom stereocenters. The van der Waals surface area contributed by atoms with Crippen LogP contribution in [0.1, 0.15) is 36.5 Å². The molecule has 0 amide bonds. The van der Waals surface area contributed by atoms with Crippen LogP contribution < -0.4 is 0 Å². The zero-order chi connectivity index (χ0) is 18.4. The third kappa shape index (κ3) is 3.09. The molecule has 2 unspecified atom stereocenters. The van der Waals surface area contributed by atoms with Crippen molar-refractivity contribution in [2.75, 3.05) is 26.2 Å². The lowest BCUT2D eigenvalue weighted by Crippen LogP contribution is -2.45. The predicted octanol–water partition coefficient (Wildman–Crippen LogP) is 2.95. The van der Waals surface area contributed by atoms with E-state index in [2.05, 4.69) is 52.3 Å². The molecule has 2 aromatic carbocycles. The number of aliphatic hydroxyl groups excluding tert-OH is 1. The van der Waals surface area contributed by atoms with Crippen LogP contribution in [-0.2, 0) is 24.9 Å². The zero-order valence-corrected chi connectivity index (χ0v) is 15.3. The molecule has 5 rings (SSSR count). The standard InChI is InChI=1S/C23H28N2O/c26-21(15-24-12-9-18-5-1-2-6-19(18)13-24)16-25-14-20-7-3-4-8-22(20)23(17-25)10-11-23/h1-8,21,26H,9-17H2/i14D. The molecule has 136 valence electrons. The highest BCUT2D eigenvalue weighted by molar-refractivity contribution is 5.41. The maximum Gasteiger partial charge on any atom is 0.0794 e. The molecule has 2 heterocycles. The zero-order valence-electron chi connectivity index (χ0n) is 16.3. The minimum Gasteiger partial charge on any atom is -0.390 e. The van der Waals surface area contributed by atoms with Gasteiger partial charge in [0.25, 0.3) is 0 Å². The molecule has 1 N–H and O–H groups in total. The predicted molar refractivity (Wildman–Crippen MR) is 104 cm³/mol. The summed E-state index contributed by atoms with van der Waals surface area (Å²) in [5.74, 6) is 0. The van der Waals surface area contributed by atoms with Crippen LogP contribution in [0.5, 0.6) is 0 Å². The summed E-state index contributed by atoms with van der Waals surface area (Å²) in [5, 5.41) is 10.8. The van der Waals surface area contributed by atoms with Crippen molar-refractivity contribution in [1.29, 1.82) is 0 Å². The number of fused-ring (bicyclic) bond motifs is 3. The molecule has 2 aliphatic heterocycles. The Bertz CT molecular complexity index is 835. The molecule has 1 fully saturated rings. The molecule has 26 heavy (non-hydrogen) atoms. The fourth-order valence-electron chi connectivity index (χ4n) is 4.84. The number of aliphatic hydroxyl groups is 1. The minimum atomic E-state index is -0.413. The summed E-state index contributed by atoms with van der Waals surface area (Å²) in [6, 6.07) is 17.1. The Balaban J connectivity index is 1.25. The van der Waals surface area contributed by atoms with Crippen molar-refractivity contribution in [2.24, 2.45) is 0 Å². The second kappa shape index (κ2) is 6.49. The average molecular weight is 349 g/mol. The van der Waals surface area contributed by atoms with E-state index in [-0.39, 0.29) is 11.9 Å². The summed E-state index contributed by atoms with van der Waals surface area (Å²) in [6.07, 6.45) is 3.08. The van der Waals surface area contributed by atoms with E-state index in [4.69, 9.17) is 1.37 Å². The van der Waals surface area contributed by atoms with Crippen LogP contribution in [0.3, 0.4) is 0 Å². The first-order valence-electron chi connectivity index (χ1n) is 10.5. The summed E-state index contributed by atoms with van der Waals surface area (Å²) in [6.45, 7) is 3.76. The number of β-amino-alcohol motifs (C(OH)–C–C–N with tert-alkyl or cyclic N) is 1. The maximum atomic E-state index is 10.8. The van der Waals surface area contributed by atoms with Crippen molar-refractivity contribution in [1.82, 2.24) is 9.80 Å². The van der Waals surface area contributed by atoms with E-state index in [1.54, 1.807) is 0 Å². The van der Waals surface area contributed by atoms with Gasteiger partial charge in [0.2, 0.25) is 0 Å². The largest absolute Gasteiger partial charge is 0.390 e. The highest BCUT2D eigenvalue weighted by Crippen LogP contribution is 2.52. The Morgan fingerprint density at radius 2 is 1.65 bits per heavy atom. The fraction of sp³-hybridized carbons (Fsp3) is 0.478. The number of rotatable bonds is 4. The van der Waals surface area contributed by atoms with E-state index >= 15 is 0 Å². The molecule has 1 aliphatic carbocycles. The quantitative estimate of drug-likeness (QED) is 0.919. The highest BCUT2D eigenvalue weighted by Gasteiger charge is 2.48. The van der Waals surface area contributed by atoms with Gasteiger partial charge in [-0.25, -0.2) is 0 Å². The van der Waals surface area contributed by atoms with Crippen LogP contribution >= 0.6 is 0 Å². The molecule has 0 radical (unpaired) electrons. The third-order valence-corrected chi connectivity index (χ3v) is 6.34. The van der Waals surface area contributed by atoms with Gasteiger partial charge in [0.15, 0.2) is 0 Å². The number of hydrogen-bond acceptors (Lipinski definition) is 3. The number of hydrogen-bond donors (Lipinski definition) is 1. The summed E-state index contributed by atoms with van der Waals surface area (Å²) in [5.41, 5.74) is 5.59. The molecular formula is C23H28N2O. The SMILES string of the molecule is [2H]C1c2ccccc2C2(CC2)CN1CC(O)CN1CCc2ccccc2C1. The van der Waals surface area contributed by atoms with Crippen molar-refractivity contribution in [3.63, 3.8) is 0 Å². The molecule has 3 aliphatic rings. The summed E-state index contributed by atoms with van der Waals surface area (Å²) >= 11 is 0. The molecule has 3 nitrogen and oxygen atoms in total. The van der Waals surface area contributed by atoms with Crippen LogP contribution in [0.15, 0.2) is 48.5 Å². The van der Waals surface area contributed by atoms with E-state index < -0.39 is 6.10 Å². The van der Waals surface area contributed by atoms with Crippen LogP contribution in [0, 0.1) is 0 Å². The van der Waals surface area contributed by atoms with Gasteiger partial charge in [-0.1, -0.05) is 48.5 Å². The van der Waals surface area contributed by atoms with Crippen molar-refractivity contribution >= 4 is 0 Å². The molecule has 0 saturated heterocycles. The third-order valence-electron chi connectivity index (χ3n) is 6.34. The monoisotopic (exact) mass is 349 g/mol. The Morgan fingerprint density at radius 3 is 2.46 bits per heavy atom. The normalized spacial score (nSPS) is 26.0. The Morgan fingerprint density at radius 1 is 0.962 bits per heavy atom. The van der Waals surface area contributed by atoms with Crippen LogP contribution in [-0.4, -0.2) is 47.2 Å². The lowest BCUT2D eigenvalue weighted by atomic mass is 9.87.